The van der Waals surface area contributed by atoms with Crippen molar-refractivity contribution in [3.8, 4) is 11.1 Å². The molecule has 4 aromatic carbocycles. The van der Waals surface area contributed by atoms with Gasteiger partial charge in [-0.1, -0.05) is 59.7 Å². The zero-order chi connectivity index (χ0) is 27.9. The van der Waals surface area contributed by atoms with Crippen molar-refractivity contribution < 1.29 is 21.3 Å². The smallest absolute Gasteiger partial charge is 0.277 e. The maximum atomic E-state index is 14.0. The van der Waals surface area contributed by atoms with E-state index in [1.807, 2.05) is 45.0 Å². The van der Waals surface area contributed by atoms with E-state index in [1.54, 1.807) is 30.3 Å². The lowest BCUT2D eigenvalue weighted by Crippen LogP contribution is -2.37. The van der Waals surface area contributed by atoms with Gasteiger partial charge in [-0.25, -0.2) is 16.8 Å². The van der Waals surface area contributed by atoms with Crippen molar-refractivity contribution in [3.63, 3.8) is 0 Å². The molecule has 39 heavy (non-hydrogen) atoms. The molecule has 0 unspecified atom stereocenters. The molecule has 0 saturated heterocycles. The first-order chi connectivity index (χ1) is 18.5. The molecule has 198 valence electrons. The molecule has 1 heterocycles. The number of anilines is 1. The Hall–Kier alpha value is -3.79. The third kappa shape index (κ3) is 5.01. The predicted molar refractivity (Wildman–Crippen MR) is 156 cm³/mol. The third-order valence-corrected chi connectivity index (χ3v) is 10.9. The minimum Gasteiger partial charge on any atom is -0.445 e. The van der Waals surface area contributed by atoms with Gasteiger partial charge in [-0.3, -0.25) is 0 Å². The highest BCUT2D eigenvalue weighted by molar-refractivity contribution is 8.10. The first-order valence-electron chi connectivity index (χ1n) is 12.1. The maximum absolute atomic E-state index is 14.0. The van der Waals surface area contributed by atoms with E-state index >= 15 is 0 Å². The number of sulfonamides is 2. The molecule has 0 fully saturated rings. The fraction of sp³-hybridized carbons (Fsp3) is 0.100. The Balaban J connectivity index is 1.76. The monoisotopic (exact) mass is 575 g/mol. The molecule has 0 aliphatic carbocycles. The average molecular weight is 576 g/mol. The SMILES string of the molecule is Cc1ccc(S(=O)(=O)N(c2ccc3oc(=S)c(-c4ccccc4C)cc3c2)S(=O)(=O)c2ccc(C)cc2)cc1. The topological polar surface area (TPSA) is 84.7 Å². The molecule has 9 heteroatoms. The Morgan fingerprint density at radius 2 is 1.18 bits per heavy atom. The Morgan fingerprint density at radius 3 is 1.72 bits per heavy atom. The van der Waals surface area contributed by atoms with Crippen LogP contribution in [0, 0.1) is 25.5 Å². The number of hydrogen-bond donors (Lipinski definition) is 0. The van der Waals surface area contributed by atoms with E-state index in [-0.39, 0.29) is 20.2 Å². The quantitative estimate of drug-likeness (QED) is 0.197. The van der Waals surface area contributed by atoms with Crippen molar-refractivity contribution in [1.82, 2.24) is 0 Å². The van der Waals surface area contributed by atoms with Gasteiger partial charge in [-0.15, -0.1) is 0 Å². The summed E-state index contributed by atoms with van der Waals surface area (Å²) in [5, 5.41) is 0.502. The zero-order valence-corrected chi connectivity index (χ0v) is 23.9. The summed E-state index contributed by atoms with van der Waals surface area (Å²) >= 11 is 5.50. The minimum absolute atomic E-state index is 0.0494. The van der Waals surface area contributed by atoms with Crippen molar-refractivity contribution >= 4 is 48.9 Å². The van der Waals surface area contributed by atoms with E-state index in [2.05, 4.69) is 0 Å². The average Bonchev–Trinajstić information content (AvgIpc) is 2.89. The van der Waals surface area contributed by atoms with E-state index in [4.69, 9.17) is 16.6 Å². The van der Waals surface area contributed by atoms with Crippen LogP contribution in [0.1, 0.15) is 16.7 Å². The molecule has 1 aromatic heterocycles. The van der Waals surface area contributed by atoms with Crippen molar-refractivity contribution in [2.45, 2.75) is 30.6 Å². The lowest BCUT2D eigenvalue weighted by molar-refractivity contribution is 0.583. The van der Waals surface area contributed by atoms with Gasteiger partial charge in [0.05, 0.1) is 15.5 Å². The molecule has 5 aromatic rings. The van der Waals surface area contributed by atoms with Crippen LogP contribution in [0.15, 0.2) is 111 Å². The number of fused-ring (bicyclic) bond motifs is 1. The van der Waals surface area contributed by atoms with Gasteiger partial charge in [0.15, 0.2) is 4.71 Å². The molecule has 0 atom stereocenters. The van der Waals surface area contributed by atoms with Crippen LogP contribution >= 0.6 is 12.2 Å². The molecule has 0 aliphatic rings. The largest absolute Gasteiger partial charge is 0.445 e. The molecule has 0 N–H and O–H groups in total. The second-order valence-electron chi connectivity index (χ2n) is 9.32. The van der Waals surface area contributed by atoms with Gasteiger partial charge in [0.25, 0.3) is 20.0 Å². The molecular weight excluding hydrogens is 551 g/mol. The van der Waals surface area contributed by atoms with Gasteiger partial charge in [0.2, 0.25) is 0 Å². The van der Waals surface area contributed by atoms with E-state index in [0.717, 1.165) is 22.3 Å². The van der Waals surface area contributed by atoms with Crippen LogP contribution in [0.5, 0.6) is 0 Å². The number of hydrogen-bond acceptors (Lipinski definition) is 6. The van der Waals surface area contributed by atoms with Crippen LogP contribution in [0.25, 0.3) is 22.1 Å². The molecule has 6 nitrogen and oxygen atoms in total. The fourth-order valence-corrected chi connectivity index (χ4v) is 8.24. The van der Waals surface area contributed by atoms with Gasteiger partial charge < -0.3 is 4.42 Å². The summed E-state index contributed by atoms with van der Waals surface area (Å²) < 4.78 is 62.5. The number of aryl methyl sites for hydroxylation is 3. The summed E-state index contributed by atoms with van der Waals surface area (Å²) in [4.78, 5) is -0.287. The summed E-state index contributed by atoms with van der Waals surface area (Å²) in [6.45, 7) is 5.60. The molecule has 0 saturated carbocycles. The Kier molecular flexibility index (Phi) is 6.92. The lowest BCUT2D eigenvalue weighted by atomic mass is 10.0. The van der Waals surface area contributed by atoms with Crippen molar-refractivity contribution in [2.75, 3.05) is 3.71 Å². The highest BCUT2D eigenvalue weighted by atomic mass is 32.3. The molecule has 0 spiro atoms. The van der Waals surface area contributed by atoms with Crippen LogP contribution in [0.2, 0.25) is 0 Å². The summed E-state index contributed by atoms with van der Waals surface area (Å²) in [7, 11) is -9.08. The molecule has 0 bridgehead atoms. The van der Waals surface area contributed by atoms with Crippen LogP contribution in [-0.2, 0) is 20.0 Å². The molecule has 0 amide bonds. The maximum Gasteiger partial charge on any atom is 0.277 e. The van der Waals surface area contributed by atoms with Crippen molar-refractivity contribution in [1.29, 1.82) is 0 Å². The standard InChI is InChI=1S/C30H25NO5S3/c1-20-8-13-25(14-9-20)38(32,33)31(39(34,35)26-15-10-21(2)11-16-26)24-12-17-29-23(18-24)19-28(30(37)36-29)27-7-5-4-6-22(27)3/h4-19H,1-3H3. The number of benzene rings is 4. The van der Waals surface area contributed by atoms with Crippen LogP contribution in [0.3, 0.4) is 0 Å². The Bertz CT molecular complexity index is 1900. The van der Waals surface area contributed by atoms with E-state index in [1.165, 1.54) is 42.5 Å². The second kappa shape index (κ2) is 10.1. The van der Waals surface area contributed by atoms with Crippen LogP contribution < -0.4 is 3.71 Å². The highest BCUT2D eigenvalue weighted by Crippen LogP contribution is 2.35. The van der Waals surface area contributed by atoms with Crippen molar-refractivity contribution in [2.24, 2.45) is 0 Å². The highest BCUT2D eigenvalue weighted by Gasteiger charge is 2.37. The van der Waals surface area contributed by atoms with Gasteiger partial charge in [0, 0.05) is 10.9 Å². The second-order valence-corrected chi connectivity index (χ2v) is 13.5. The lowest BCUT2D eigenvalue weighted by Gasteiger charge is -2.24. The normalized spacial score (nSPS) is 12.0. The fourth-order valence-electron chi connectivity index (χ4n) is 4.31. The molecule has 0 radical (unpaired) electrons. The molecule has 0 aliphatic heterocycles. The van der Waals surface area contributed by atoms with E-state index < -0.39 is 20.0 Å². The van der Waals surface area contributed by atoms with Crippen molar-refractivity contribution in [3.05, 3.63) is 118 Å². The Morgan fingerprint density at radius 1 is 0.641 bits per heavy atom. The van der Waals surface area contributed by atoms with Gasteiger partial charge in [-0.05, 0) is 92.6 Å². The summed E-state index contributed by atoms with van der Waals surface area (Å²) in [5.74, 6) is 0. The van der Waals surface area contributed by atoms with E-state index in [0.29, 0.717) is 20.2 Å². The van der Waals surface area contributed by atoms with Gasteiger partial charge >= 0.3 is 0 Å². The first-order valence-corrected chi connectivity index (χ1v) is 15.3. The summed E-state index contributed by atoms with van der Waals surface area (Å²) in [6.07, 6.45) is 0. The third-order valence-electron chi connectivity index (χ3n) is 6.44. The van der Waals surface area contributed by atoms with Gasteiger partial charge in [-0.2, -0.15) is 3.71 Å². The molecular formula is C30H25NO5S3. The van der Waals surface area contributed by atoms with E-state index in [9.17, 15) is 16.8 Å². The summed E-state index contributed by atoms with van der Waals surface area (Å²) in [5.41, 5.74) is 4.56. The van der Waals surface area contributed by atoms with Crippen LogP contribution in [0.4, 0.5) is 5.69 Å². The Labute approximate surface area is 233 Å². The predicted octanol–water partition coefficient (Wildman–Crippen LogP) is 7.34. The number of nitrogens with zero attached hydrogens (tertiary/aromatic N) is 1. The van der Waals surface area contributed by atoms with Gasteiger partial charge in [0.1, 0.15) is 5.58 Å². The minimum atomic E-state index is -4.54. The first kappa shape index (κ1) is 26.8. The zero-order valence-electron chi connectivity index (χ0n) is 21.5. The number of rotatable bonds is 6. The van der Waals surface area contributed by atoms with Crippen LogP contribution in [-0.4, -0.2) is 16.8 Å². The summed E-state index contributed by atoms with van der Waals surface area (Å²) in [6, 6.07) is 26.0. The molecule has 5 rings (SSSR count).